The summed E-state index contributed by atoms with van der Waals surface area (Å²) in [6.07, 6.45) is 1.38. The number of hydrogen-bond donors (Lipinski definition) is 0. The molecule has 2 fully saturated rings. The normalized spacial score (nSPS) is 42.4. The van der Waals surface area contributed by atoms with Gasteiger partial charge in [0.15, 0.2) is 4.33 Å². The molecule has 120 valence electrons. The molecule has 2 bridgehead atoms. The van der Waals surface area contributed by atoms with Crippen LogP contribution in [0.5, 0.6) is 0 Å². The van der Waals surface area contributed by atoms with E-state index in [0.29, 0.717) is 5.06 Å². The van der Waals surface area contributed by atoms with Gasteiger partial charge in [-0.2, -0.15) is 5.06 Å². The van der Waals surface area contributed by atoms with Crippen molar-refractivity contribution in [2.24, 2.45) is 11.8 Å². The molecule has 2 amide bonds. The monoisotopic (exact) mass is 423 g/mol. The van der Waals surface area contributed by atoms with E-state index in [1.54, 1.807) is 0 Å². The highest BCUT2D eigenvalue weighted by Gasteiger charge is 2.87. The van der Waals surface area contributed by atoms with Crippen LogP contribution < -0.4 is 0 Å². The van der Waals surface area contributed by atoms with Crippen LogP contribution in [0, 0.1) is 11.8 Å². The van der Waals surface area contributed by atoms with Crippen LogP contribution in [-0.2, 0) is 14.4 Å². The number of imide groups is 1. The van der Waals surface area contributed by atoms with E-state index >= 15 is 0 Å². The van der Waals surface area contributed by atoms with Crippen LogP contribution in [0.25, 0.3) is 0 Å². The molecule has 1 saturated heterocycles. The first kappa shape index (κ1) is 17.2. The van der Waals surface area contributed by atoms with Crippen LogP contribution in [0.2, 0.25) is 0 Å². The summed E-state index contributed by atoms with van der Waals surface area (Å²) in [5.74, 6) is -3.78. The zero-order valence-electron chi connectivity index (χ0n) is 10.6. The van der Waals surface area contributed by atoms with Crippen molar-refractivity contribution in [2.75, 3.05) is 6.61 Å². The maximum absolute atomic E-state index is 12.5. The Morgan fingerprint density at radius 3 is 1.82 bits per heavy atom. The minimum atomic E-state index is -1.93. The molecule has 0 unspecified atom stereocenters. The quantitative estimate of drug-likeness (QED) is 0.394. The summed E-state index contributed by atoms with van der Waals surface area (Å²) in [7, 11) is 0. The molecule has 1 aliphatic heterocycles. The second-order valence-corrected chi connectivity index (χ2v) is 8.41. The van der Waals surface area contributed by atoms with Crippen molar-refractivity contribution in [1.82, 2.24) is 5.06 Å². The van der Waals surface area contributed by atoms with Gasteiger partial charge >= 0.3 is 0 Å². The van der Waals surface area contributed by atoms with Gasteiger partial charge in [-0.3, -0.25) is 14.4 Å². The van der Waals surface area contributed by atoms with Crippen molar-refractivity contribution in [3.8, 4) is 0 Å². The third-order valence-corrected chi connectivity index (χ3v) is 8.45. The molecule has 22 heavy (non-hydrogen) atoms. The lowest BCUT2D eigenvalue weighted by Crippen LogP contribution is -2.50. The van der Waals surface area contributed by atoms with Gasteiger partial charge in [-0.25, -0.2) is 0 Å². The van der Waals surface area contributed by atoms with E-state index in [1.165, 1.54) is 6.08 Å². The summed E-state index contributed by atoms with van der Waals surface area (Å²) in [6, 6.07) is 0. The molecule has 3 aliphatic rings. The van der Waals surface area contributed by atoms with Gasteiger partial charge in [0.2, 0.25) is 0 Å². The van der Waals surface area contributed by atoms with Crippen molar-refractivity contribution in [3.63, 3.8) is 0 Å². The highest BCUT2D eigenvalue weighted by Crippen LogP contribution is 2.77. The van der Waals surface area contributed by atoms with E-state index in [4.69, 9.17) is 74.4 Å². The Hall–Kier alpha value is 0.320. The Morgan fingerprint density at radius 2 is 1.45 bits per heavy atom. The number of rotatable bonds is 3. The van der Waals surface area contributed by atoms with Gasteiger partial charge in [-0.05, 0) is 0 Å². The van der Waals surface area contributed by atoms with Crippen molar-refractivity contribution >= 4 is 81.4 Å². The molecular formula is C12H7Cl6NO3. The second kappa shape index (κ2) is 4.92. The lowest BCUT2D eigenvalue weighted by molar-refractivity contribution is -0.186. The predicted octanol–water partition coefficient (Wildman–Crippen LogP) is 3.55. The van der Waals surface area contributed by atoms with Crippen LogP contribution >= 0.6 is 69.6 Å². The Balaban J connectivity index is 2.17. The van der Waals surface area contributed by atoms with Crippen molar-refractivity contribution in [2.45, 2.75) is 14.1 Å². The maximum Gasteiger partial charge on any atom is 0.259 e. The minimum absolute atomic E-state index is 0.0523. The minimum Gasteiger partial charge on any atom is -0.272 e. The van der Waals surface area contributed by atoms with Crippen LogP contribution in [0.1, 0.15) is 0 Å². The molecule has 4 atom stereocenters. The second-order valence-electron chi connectivity index (χ2n) is 5.14. The number of amides is 2. The summed E-state index contributed by atoms with van der Waals surface area (Å²) < 4.78 is -1.93. The number of alkyl halides is 4. The third-order valence-electron chi connectivity index (χ3n) is 4.19. The molecular weight excluding hydrogens is 419 g/mol. The zero-order valence-corrected chi connectivity index (χ0v) is 15.1. The van der Waals surface area contributed by atoms with Gasteiger partial charge in [-0.1, -0.05) is 52.5 Å². The summed E-state index contributed by atoms with van der Waals surface area (Å²) in [5, 5.41) is 0.320. The number of allylic oxidation sites excluding steroid dienone is 2. The molecule has 1 heterocycles. The number of carbonyl (C=O) groups is 2. The van der Waals surface area contributed by atoms with E-state index in [0.717, 1.165) is 0 Å². The van der Waals surface area contributed by atoms with Gasteiger partial charge in [0.25, 0.3) is 11.8 Å². The lowest BCUT2D eigenvalue weighted by atomic mass is 9.84. The Labute approximate surface area is 155 Å². The molecule has 0 aromatic carbocycles. The number of hydrogen-bond acceptors (Lipinski definition) is 3. The van der Waals surface area contributed by atoms with E-state index < -0.39 is 37.7 Å². The fraction of sp³-hybridized carbons (Fsp3) is 0.500. The standard InChI is InChI=1S/C12H7Cl6NO3/c1-2-3-22-19-8(20)4-5(9(19)21)11(16)7(14)6(13)10(4,15)12(11,17)18/h2,4-5H,1,3H2/t4-,5-,10-,11-/m1/s1. The van der Waals surface area contributed by atoms with Gasteiger partial charge in [-0.15, -0.1) is 29.8 Å². The molecule has 0 N–H and O–H groups in total. The molecule has 0 aromatic rings. The first-order valence-corrected chi connectivity index (χ1v) is 8.28. The average Bonchev–Trinajstić information content (AvgIpc) is 2.83. The summed E-state index contributed by atoms with van der Waals surface area (Å²) >= 11 is 37.8. The van der Waals surface area contributed by atoms with E-state index in [9.17, 15) is 9.59 Å². The molecule has 3 rings (SSSR count). The summed E-state index contributed by atoms with van der Waals surface area (Å²) in [4.78, 5) is 26.5. The maximum atomic E-state index is 12.5. The lowest BCUT2D eigenvalue weighted by Gasteiger charge is -2.34. The number of hydroxylamine groups is 2. The van der Waals surface area contributed by atoms with Crippen molar-refractivity contribution < 1.29 is 14.4 Å². The van der Waals surface area contributed by atoms with Gasteiger partial charge < -0.3 is 0 Å². The van der Waals surface area contributed by atoms with E-state index in [2.05, 4.69) is 6.58 Å². The van der Waals surface area contributed by atoms with Gasteiger partial charge in [0, 0.05) is 0 Å². The largest absolute Gasteiger partial charge is 0.272 e. The number of nitrogens with zero attached hydrogens (tertiary/aromatic N) is 1. The van der Waals surface area contributed by atoms with Crippen molar-refractivity contribution in [3.05, 3.63) is 22.7 Å². The molecule has 0 spiro atoms. The van der Waals surface area contributed by atoms with Crippen LogP contribution in [0.3, 0.4) is 0 Å². The molecule has 2 aliphatic carbocycles. The Bertz CT molecular complexity index is 603. The van der Waals surface area contributed by atoms with Crippen LogP contribution in [0.4, 0.5) is 0 Å². The Morgan fingerprint density at radius 1 is 1.05 bits per heavy atom. The topological polar surface area (TPSA) is 46.6 Å². The smallest absolute Gasteiger partial charge is 0.259 e. The number of fused-ring (bicyclic) bond motifs is 5. The fourth-order valence-corrected chi connectivity index (χ4v) is 6.15. The average molecular weight is 426 g/mol. The molecule has 10 heteroatoms. The third kappa shape index (κ3) is 1.53. The highest BCUT2D eigenvalue weighted by atomic mass is 35.5. The first-order chi connectivity index (χ1) is 10.1. The Kier molecular flexibility index (Phi) is 3.83. The van der Waals surface area contributed by atoms with E-state index in [-0.39, 0.29) is 16.7 Å². The first-order valence-electron chi connectivity index (χ1n) is 6.02. The van der Waals surface area contributed by atoms with Crippen molar-refractivity contribution in [1.29, 1.82) is 0 Å². The fourth-order valence-electron chi connectivity index (χ4n) is 3.22. The van der Waals surface area contributed by atoms with E-state index in [1.807, 2.05) is 0 Å². The van der Waals surface area contributed by atoms with Crippen LogP contribution in [-0.4, -0.2) is 37.6 Å². The molecule has 1 saturated carbocycles. The molecule has 0 aromatic heterocycles. The zero-order chi connectivity index (χ0) is 16.7. The summed E-state index contributed by atoms with van der Waals surface area (Å²) in [6.45, 7) is 3.39. The highest BCUT2D eigenvalue weighted by molar-refractivity contribution is 6.66. The summed E-state index contributed by atoms with van der Waals surface area (Å²) in [5.41, 5.74) is 0. The number of halogens is 6. The van der Waals surface area contributed by atoms with Crippen LogP contribution in [0.15, 0.2) is 22.7 Å². The molecule has 0 radical (unpaired) electrons. The molecule has 4 nitrogen and oxygen atoms in total. The van der Waals surface area contributed by atoms with Gasteiger partial charge in [0.05, 0.1) is 28.5 Å². The predicted molar refractivity (Wildman–Crippen MR) is 85.3 cm³/mol. The SMILES string of the molecule is C=CCON1C(=O)[C@H]2[C@H](C1=O)[C@@]1(Cl)C(Cl)=C(Cl)[C@@]2(Cl)C1(Cl)Cl. The number of carbonyl (C=O) groups excluding carboxylic acids is 2. The van der Waals surface area contributed by atoms with Gasteiger partial charge in [0.1, 0.15) is 9.75 Å².